The first-order chi connectivity index (χ1) is 7.58. The molecule has 0 aliphatic heterocycles. The molecule has 90 valence electrons. The van der Waals surface area contributed by atoms with Crippen molar-refractivity contribution in [2.24, 2.45) is 0 Å². The average molecular weight is 242 g/mol. The van der Waals surface area contributed by atoms with Crippen LogP contribution in [0.4, 0.5) is 0 Å². The predicted molar refractivity (Wildman–Crippen MR) is 69.3 cm³/mol. The molecule has 0 heterocycles. The summed E-state index contributed by atoms with van der Waals surface area (Å²) in [6.45, 7) is 5.20. The molecule has 0 bridgehead atoms. The second-order valence-corrected chi connectivity index (χ2v) is 4.60. The molecule has 0 aliphatic carbocycles. The van der Waals surface area contributed by atoms with Crippen molar-refractivity contribution in [1.82, 2.24) is 4.90 Å². The highest BCUT2D eigenvalue weighted by Crippen LogP contribution is 2.25. The molecule has 0 fully saturated rings. The van der Waals surface area contributed by atoms with Crippen molar-refractivity contribution in [1.29, 1.82) is 0 Å². The maximum Gasteiger partial charge on any atom is 0.123 e. The average Bonchev–Trinajstić information content (AvgIpc) is 2.28. The highest BCUT2D eigenvalue weighted by Gasteiger charge is 2.08. The van der Waals surface area contributed by atoms with E-state index in [1.54, 1.807) is 7.11 Å². The van der Waals surface area contributed by atoms with Gasteiger partial charge in [0, 0.05) is 12.1 Å². The molecule has 0 saturated heterocycles. The molecule has 0 unspecified atom stereocenters. The zero-order valence-corrected chi connectivity index (χ0v) is 11.2. The van der Waals surface area contributed by atoms with Crippen LogP contribution in [0.1, 0.15) is 30.9 Å². The lowest BCUT2D eigenvalue weighted by Crippen LogP contribution is -2.16. The number of benzene rings is 1. The van der Waals surface area contributed by atoms with Crippen LogP contribution in [-0.4, -0.2) is 25.1 Å². The van der Waals surface area contributed by atoms with Crippen LogP contribution in [0.25, 0.3) is 0 Å². The topological polar surface area (TPSA) is 12.5 Å². The second-order valence-electron chi connectivity index (χ2n) is 4.36. The van der Waals surface area contributed by atoms with Gasteiger partial charge in [0.25, 0.3) is 0 Å². The van der Waals surface area contributed by atoms with E-state index in [0.717, 1.165) is 12.3 Å². The molecule has 0 amide bonds. The van der Waals surface area contributed by atoms with Crippen molar-refractivity contribution in [3.05, 3.63) is 29.3 Å². The summed E-state index contributed by atoms with van der Waals surface area (Å²) in [7, 11) is 3.70. The summed E-state index contributed by atoms with van der Waals surface area (Å²) in [5.74, 6) is 1.47. The smallest absolute Gasteiger partial charge is 0.123 e. The molecule has 3 heteroatoms. The van der Waals surface area contributed by atoms with E-state index in [4.69, 9.17) is 16.3 Å². The molecule has 0 aromatic heterocycles. The van der Waals surface area contributed by atoms with Gasteiger partial charge in [0.1, 0.15) is 5.75 Å². The Labute approximate surface area is 103 Å². The molecule has 0 radical (unpaired) electrons. The minimum atomic E-state index is 0.523. The molecule has 0 aliphatic rings. The number of hydrogen-bond acceptors (Lipinski definition) is 2. The first-order valence-corrected chi connectivity index (χ1v) is 6.03. The van der Waals surface area contributed by atoms with Gasteiger partial charge in [-0.2, -0.15) is 0 Å². The molecule has 0 N–H and O–H groups in total. The molecule has 2 nitrogen and oxygen atoms in total. The third-order valence-electron chi connectivity index (χ3n) is 2.62. The molecule has 16 heavy (non-hydrogen) atoms. The maximum absolute atomic E-state index is 5.78. The zero-order valence-electron chi connectivity index (χ0n) is 10.5. The summed E-state index contributed by atoms with van der Waals surface area (Å²) >= 11 is 5.78. The summed E-state index contributed by atoms with van der Waals surface area (Å²) < 4.78 is 5.36. The van der Waals surface area contributed by atoms with Gasteiger partial charge in [0.15, 0.2) is 0 Å². The van der Waals surface area contributed by atoms with Crippen molar-refractivity contribution in [2.45, 2.75) is 26.3 Å². The molecular formula is C13H20ClNO. The third kappa shape index (κ3) is 3.39. The lowest BCUT2D eigenvalue weighted by atomic mass is 10.00. The predicted octanol–water partition coefficient (Wildman–Crippen LogP) is 3.45. The Hall–Kier alpha value is -0.730. The quantitative estimate of drug-likeness (QED) is 0.578. The Kier molecular flexibility index (Phi) is 5.10. The Morgan fingerprint density at radius 3 is 2.56 bits per heavy atom. The molecule has 0 spiro atoms. The molecule has 0 saturated carbocycles. The largest absolute Gasteiger partial charge is 0.496 e. The van der Waals surface area contributed by atoms with E-state index in [9.17, 15) is 0 Å². The van der Waals surface area contributed by atoms with Gasteiger partial charge in [0.05, 0.1) is 13.1 Å². The lowest BCUT2D eigenvalue weighted by molar-refractivity contribution is 0.360. The van der Waals surface area contributed by atoms with Crippen molar-refractivity contribution in [3.8, 4) is 5.75 Å². The highest BCUT2D eigenvalue weighted by atomic mass is 35.5. The number of alkyl halides is 1. The second kappa shape index (κ2) is 6.12. The van der Waals surface area contributed by atoms with E-state index < -0.39 is 0 Å². The standard InChI is InChI=1S/C13H20ClNO/c1-10(2)11-5-6-13(16-4)12(7-11)8-15(3)9-14/h5-7,10H,8-9H2,1-4H3. The number of ether oxygens (including phenoxy) is 1. The van der Waals surface area contributed by atoms with Gasteiger partial charge < -0.3 is 4.74 Å². The number of nitrogens with zero attached hydrogens (tertiary/aromatic N) is 1. The van der Waals surface area contributed by atoms with Crippen LogP contribution in [0.2, 0.25) is 0 Å². The van der Waals surface area contributed by atoms with Crippen molar-refractivity contribution in [2.75, 3.05) is 20.2 Å². The van der Waals surface area contributed by atoms with Gasteiger partial charge in [-0.1, -0.05) is 26.0 Å². The number of methoxy groups -OCH3 is 1. The molecular weight excluding hydrogens is 222 g/mol. The molecule has 0 atom stereocenters. The summed E-state index contributed by atoms with van der Waals surface area (Å²) in [5.41, 5.74) is 2.52. The maximum atomic E-state index is 5.78. The van der Waals surface area contributed by atoms with Crippen LogP contribution in [0.15, 0.2) is 18.2 Å². The number of halogens is 1. The summed E-state index contributed by atoms with van der Waals surface area (Å²) in [6.07, 6.45) is 0. The van der Waals surface area contributed by atoms with Crippen LogP contribution in [0.5, 0.6) is 5.75 Å². The van der Waals surface area contributed by atoms with Crippen LogP contribution in [0.3, 0.4) is 0 Å². The fourth-order valence-electron chi connectivity index (χ4n) is 1.61. The van der Waals surface area contributed by atoms with Gasteiger partial charge in [0.2, 0.25) is 0 Å². The van der Waals surface area contributed by atoms with Crippen molar-refractivity contribution in [3.63, 3.8) is 0 Å². The molecule has 1 aromatic rings. The molecule has 1 aromatic carbocycles. The van der Waals surface area contributed by atoms with Crippen molar-refractivity contribution >= 4 is 11.6 Å². The van der Waals surface area contributed by atoms with E-state index in [-0.39, 0.29) is 0 Å². The highest BCUT2D eigenvalue weighted by molar-refractivity contribution is 6.17. The van der Waals surface area contributed by atoms with Crippen LogP contribution in [0, 0.1) is 0 Å². The van der Waals surface area contributed by atoms with Crippen molar-refractivity contribution < 1.29 is 4.74 Å². The normalized spacial score (nSPS) is 11.2. The van der Waals surface area contributed by atoms with Gasteiger partial charge in [-0.3, -0.25) is 4.90 Å². The van der Waals surface area contributed by atoms with E-state index in [1.807, 2.05) is 18.0 Å². The van der Waals surface area contributed by atoms with Gasteiger partial charge in [-0.05, 0) is 24.6 Å². The Morgan fingerprint density at radius 2 is 2.06 bits per heavy atom. The van der Waals surface area contributed by atoms with E-state index in [2.05, 4.69) is 26.0 Å². The minimum absolute atomic E-state index is 0.523. The first-order valence-electron chi connectivity index (χ1n) is 5.49. The summed E-state index contributed by atoms with van der Waals surface area (Å²) in [5, 5.41) is 0. The molecule has 1 rings (SSSR count). The lowest BCUT2D eigenvalue weighted by Gasteiger charge is -2.17. The zero-order chi connectivity index (χ0) is 12.1. The third-order valence-corrected chi connectivity index (χ3v) is 3.02. The van der Waals surface area contributed by atoms with Crippen LogP contribution >= 0.6 is 11.6 Å². The fourth-order valence-corrected chi connectivity index (χ4v) is 1.70. The van der Waals surface area contributed by atoms with E-state index in [0.29, 0.717) is 11.9 Å². The van der Waals surface area contributed by atoms with E-state index in [1.165, 1.54) is 11.1 Å². The van der Waals surface area contributed by atoms with Crippen LogP contribution in [-0.2, 0) is 6.54 Å². The van der Waals surface area contributed by atoms with Crippen LogP contribution < -0.4 is 4.74 Å². The SMILES string of the molecule is COc1ccc(C(C)C)cc1CN(C)CCl. The minimum Gasteiger partial charge on any atom is -0.496 e. The fraction of sp³-hybridized carbons (Fsp3) is 0.538. The van der Waals surface area contributed by atoms with Gasteiger partial charge >= 0.3 is 0 Å². The Balaban J connectivity index is 2.97. The summed E-state index contributed by atoms with van der Waals surface area (Å²) in [6, 6.07) is 6.88. The number of hydrogen-bond donors (Lipinski definition) is 0. The Bertz CT molecular complexity index is 339. The number of rotatable bonds is 5. The van der Waals surface area contributed by atoms with E-state index >= 15 is 0 Å². The Morgan fingerprint density at radius 1 is 1.38 bits per heavy atom. The van der Waals surface area contributed by atoms with Gasteiger partial charge in [-0.15, -0.1) is 11.6 Å². The monoisotopic (exact) mass is 241 g/mol. The van der Waals surface area contributed by atoms with Gasteiger partial charge in [-0.25, -0.2) is 0 Å². The summed E-state index contributed by atoms with van der Waals surface area (Å²) in [4.78, 5) is 2.05. The first kappa shape index (κ1) is 13.3.